The summed E-state index contributed by atoms with van der Waals surface area (Å²) in [5.74, 6) is 0.00507. The van der Waals surface area contributed by atoms with Crippen LogP contribution in [0.5, 0.6) is 0 Å². The fraction of sp³-hybridized carbons (Fsp3) is 0.667. The van der Waals surface area contributed by atoms with E-state index in [1.165, 1.54) is 0 Å². The van der Waals surface area contributed by atoms with Crippen molar-refractivity contribution in [3.8, 4) is 12.3 Å². The molecule has 0 bridgehead atoms. The summed E-state index contributed by atoms with van der Waals surface area (Å²) in [7, 11) is 0. The quantitative estimate of drug-likeness (QED) is 0.0184. The Balaban J connectivity index is 0.00000183. The fourth-order valence-electron chi connectivity index (χ4n) is 13.3. The van der Waals surface area contributed by atoms with Crippen LogP contribution in [0, 0.1) is 36.0 Å². The summed E-state index contributed by atoms with van der Waals surface area (Å²) in [4.78, 5) is 58.1. The number of unbranched alkanes of at least 4 members (excludes halogenated alkanes) is 1. The molecule has 105 heavy (non-hydrogen) atoms. The predicted molar refractivity (Wildman–Crippen MR) is 352 cm³/mol. The van der Waals surface area contributed by atoms with Gasteiger partial charge in [-0.3, -0.25) is 0 Å². The van der Waals surface area contributed by atoms with Crippen LogP contribution in [0.3, 0.4) is 0 Å². The minimum absolute atomic E-state index is 0.0310. The molecule has 0 aliphatic carbocycles. The lowest BCUT2D eigenvalue weighted by atomic mass is 9.87. The summed E-state index contributed by atoms with van der Waals surface area (Å²) in [6.45, 7) is 10.7. The monoisotopic (exact) mass is 1480 g/mol. The molecule has 3 aromatic rings. The number of nitrogens with zero attached hydrogens (tertiary/aromatic N) is 9. The molecule has 30 atom stereocenters. The van der Waals surface area contributed by atoms with Crippen LogP contribution < -0.4 is 0 Å². The van der Waals surface area contributed by atoms with Gasteiger partial charge in [0.15, 0.2) is 37.7 Å². The van der Waals surface area contributed by atoms with Gasteiger partial charge >= 0.3 is 18.5 Å². The molecule has 0 aromatic heterocycles. The van der Waals surface area contributed by atoms with Gasteiger partial charge in [-0.05, 0) is 78.2 Å². The molecule has 6 heterocycles. The third-order valence-electron chi connectivity index (χ3n) is 18.9. The molecule has 6 N–H and O–H groups in total. The lowest BCUT2D eigenvalue weighted by molar-refractivity contribution is -0.378. The van der Waals surface area contributed by atoms with E-state index in [1.54, 1.807) is 34.6 Å². The van der Waals surface area contributed by atoms with Crippen molar-refractivity contribution in [1.29, 1.82) is 0 Å². The van der Waals surface area contributed by atoms with E-state index in [9.17, 15) is 47.2 Å². The second kappa shape index (κ2) is 44.5. The Morgan fingerprint density at radius 1 is 0.400 bits per heavy atom. The van der Waals surface area contributed by atoms with Crippen LogP contribution >= 0.6 is 0 Å². The van der Waals surface area contributed by atoms with Crippen molar-refractivity contribution >= 4 is 18.5 Å². The molecule has 6 aliphatic rings. The maximum Gasteiger partial charge on any atom is 0.373 e. The average Bonchev–Trinajstić information content (AvgIpc) is 0.774. The van der Waals surface area contributed by atoms with Gasteiger partial charge in [0.05, 0.1) is 107 Å². The van der Waals surface area contributed by atoms with Crippen molar-refractivity contribution in [2.45, 2.75) is 241 Å². The predicted octanol–water partition coefficient (Wildman–Crippen LogP) is 4.40. The number of terminal acetylenes is 1. The number of carbonyl (C=O) groups excluding carboxylic acids is 6. The molecule has 0 radical (unpaired) electrons. The van der Waals surface area contributed by atoms with Gasteiger partial charge in [-0.25, -0.2) is 0 Å². The Morgan fingerprint density at radius 2 is 0.695 bits per heavy atom. The molecule has 9 rings (SSSR count). The lowest BCUT2D eigenvalue weighted by Gasteiger charge is -2.51. The summed E-state index contributed by atoms with van der Waals surface area (Å²) in [6, 6.07) is 24.5. The van der Waals surface area contributed by atoms with Crippen molar-refractivity contribution < 1.29 is 130 Å². The van der Waals surface area contributed by atoms with Gasteiger partial charge in [0, 0.05) is 27.1 Å². The highest BCUT2D eigenvalue weighted by Gasteiger charge is 2.57. The number of ether oxygens (including phenoxy) is 15. The molecule has 36 nitrogen and oxygen atoms in total. The smallest absolute Gasteiger partial charge is 0.373 e. The first-order valence-corrected chi connectivity index (χ1v) is 33.9. The number of hydrogen-bond acceptors (Lipinski definition) is 30. The van der Waals surface area contributed by atoms with Crippen LogP contribution in [0.15, 0.2) is 106 Å². The minimum atomic E-state index is -1.68. The molecule has 0 amide bonds. The third-order valence-corrected chi connectivity index (χ3v) is 18.9. The Bertz CT molecular complexity index is 3330. The van der Waals surface area contributed by atoms with Crippen molar-refractivity contribution in [1.82, 2.24) is 0 Å². The zero-order valence-corrected chi connectivity index (χ0v) is 58.7. The van der Waals surface area contributed by atoms with Crippen LogP contribution in [0.1, 0.15) is 78.0 Å². The first kappa shape index (κ1) is 86.4. The van der Waals surface area contributed by atoms with Crippen molar-refractivity contribution in [2.24, 2.45) is 39.0 Å². The van der Waals surface area contributed by atoms with Crippen LogP contribution in [0.4, 0.5) is 0 Å². The average molecular weight is 1480 g/mol. The highest BCUT2D eigenvalue weighted by atomic mass is 16.8. The van der Waals surface area contributed by atoms with E-state index in [1.807, 2.05) is 105 Å². The van der Waals surface area contributed by atoms with Gasteiger partial charge in [0.2, 0.25) is 0 Å². The molecule has 6 saturated heterocycles. The van der Waals surface area contributed by atoms with Crippen LogP contribution in [-0.4, -0.2) is 235 Å². The second-order valence-electron chi connectivity index (χ2n) is 25.5. The number of rotatable bonds is 29. The summed E-state index contributed by atoms with van der Waals surface area (Å²) < 4.78 is 96.5. The Kier molecular flexibility index (Phi) is 36.6. The van der Waals surface area contributed by atoms with E-state index < -0.39 is 197 Å². The van der Waals surface area contributed by atoms with Gasteiger partial charge in [-0.15, -0.1) is 12.3 Å². The number of azide groups is 3. The Morgan fingerprint density at radius 3 is 1.02 bits per heavy atom. The van der Waals surface area contributed by atoms with E-state index >= 15 is 0 Å². The van der Waals surface area contributed by atoms with Gasteiger partial charge in [0.1, 0.15) is 61.0 Å². The zero-order valence-electron chi connectivity index (χ0n) is 58.7. The molecule has 36 heteroatoms. The molecular weight excluding hydrogens is 1390 g/mol. The molecule has 6 fully saturated rings. The summed E-state index contributed by atoms with van der Waals surface area (Å²) >= 11 is 0. The highest BCUT2D eigenvalue weighted by molar-refractivity contribution is 5.21. The van der Waals surface area contributed by atoms with Gasteiger partial charge in [0.25, 0.3) is 0 Å². The van der Waals surface area contributed by atoms with Gasteiger partial charge in [-0.1, -0.05) is 134 Å². The summed E-state index contributed by atoms with van der Waals surface area (Å²) in [5.41, 5.74) is 32.1. The van der Waals surface area contributed by atoms with E-state index in [0.717, 1.165) is 16.7 Å². The third kappa shape index (κ3) is 23.2. The number of hydrogen-bond donors (Lipinski definition) is 6. The summed E-state index contributed by atoms with van der Waals surface area (Å²) in [5, 5.41) is 81.6. The van der Waals surface area contributed by atoms with Crippen LogP contribution in [0.2, 0.25) is 0 Å². The molecule has 574 valence electrons. The first-order valence-electron chi connectivity index (χ1n) is 33.9. The first-order chi connectivity index (χ1) is 50.7. The molecule has 13 unspecified atom stereocenters. The van der Waals surface area contributed by atoms with E-state index in [0.29, 0.717) is 12.8 Å². The standard InChI is InChI=1S/C66H91N9O21.3CO2/c1-9-10-20-27-82-61-47(70-73-67)35(3)53(44(28-76)89-61)93-65-51(80)59(84-32-42-23-16-12-17-24-42)57(39(7)87-65)96-63-49(72-75-69)37(5)55(46(30-78)91-63)94-66-52(81)60(85-33-43-25-18-13-19-26-43)58(40(8)88-66)95-62-48(71-74-68)36(4)54(45(29-77)90-62)92-64-50(79)56(34(2)38(6)86-64)83-31-41-21-14-11-15-22-41;3*2-1-3/h1,11-19,21-26,34-40,44-66,76-81H,10,20,27-33H2,2-8H3;;;/t34-,35-,36-,37-,38?,39?,40?,44?,45?,46?,47?,48?,49?,50?,51?,52?,53+,54+,55+,56-,57-,58-,59+,60+,61?,62+,63+,64+,65+,66+;;;/m1.../s1. The van der Waals surface area contributed by atoms with E-state index in [4.69, 9.17) is 106 Å². The molecular formula is C69H91N9O27. The SMILES string of the molecule is C#CCCCOC1OC(CO)[C@@H](O[C@@H]2OC(C)[C@@H](O[C@@H]3OC(CO)[C@@H](O[C@@H]4OC(C)[C@@H](O[C@@H]5OC(CO)[C@@H](O[C@@H]6OC(C)[C@@H](C)[C@@H](OCc7ccccc7)C6O)[C@H](C)C5N=[N+]=[N-])[C@@H](OCc5ccccc5)C4O)[C@H](C)C3N=[N+]=[N-])[C@@H](OCc3ccccc3)C2O)[C@H](C)C1N=[N+]=[N-].O=C=O.O=C=O.O=C=O. The summed E-state index contributed by atoms with van der Waals surface area (Å²) in [6.07, 6.45) is -20.4. The number of aliphatic hydroxyl groups is 6. The van der Waals surface area contributed by atoms with Gasteiger partial charge in [-0.2, -0.15) is 28.8 Å². The molecule has 6 aliphatic heterocycles. The van der Waals surface area contributed by atoms with E-state index in [2.05, 4.69) is 36.0 Å². The number of benzene rings is 3. The normalized spacial score (nSPS) is 37.0. The maximum atomic E-state index is 12.5. The van der Waals surface area contributed by atoms with Gasteiger partial charge < -0.3 is 102 Å². The number of aliphatic hydroxyl groups excluding tert-OH is 6. The Hall–Kier alpha value is -7.55. The largest absolute Gasteiger partial charge is 0.394 e. The van der Waals surface area contributed by atoms with Crippen molar-refractivity contribution in [2.75, 3.05) is 26.4 Å². The minimum Gasteiger partial charge on any atom is -0.394 e. The fourth-order valence-corrected chi connectivity index (χ4v) is 13.3. The second-order valence-corrected chi connectivity index (χ2v) is 25.5. The van der Waals surface area contributed by atoms with E-state index in [-0.39, 0.29) is 50.8 Å². The Labute approximate surface area is 604 Å². The topological polar surface area (TPSA) is 509 Å². The highest BCUT2D eigenvalue weighted by Crippen LogP contribution is 2.42. The zero-order chi connectivity index (χ0) is 76.7. The molecule has 0 spiro atoms. The molecule has 3 aromatic carbocycles. The van der Waals surface area contributed by atoms with Crippen LogP contribution in [-0.2, 0) is 120 Å². The lowest BCUT2D eigenvalue weighted by Crippen LogP contribution is -2.66. The molecule has 0 saturated carbocycles. The van der Waals surface area contributed by atoms with Crippen molar-refractivity contribution in [3.05, 3.63) is 139 Å². The van der Waals surface area contributed by atoms with Crippen molar-refractivity contribution in [3.63, 3.8) is 0 Å². The van der Waals surface area contributed by atoms with Crippen LogP contribution in [0.25, 0.3) is 31.3 Å². The maximum absolute atomic E-state index is 12.5.